The van der Waals surface area contributed by atoms with E-state index in [2.05, 4.69) is 60.4 Å². The van der Waals surface area contributed by atoms with Crippen LogP contribution in [0.1, 0.15) is 11.9 Å². The molecule has 0 saturated carbocycles. The number of hydrogen-bond acceptors (Lipinski definition) is 4. The number of benzene rings is 3. The van der Waals surface area contributed by atoms with Crippen molar-refractivity contribution < 1.29 is 0 Å². The Morgan fingerprint density at radius 2 is 2.00 bits per heavy atom. The second-order valence-corrected chi connectivity index (χ2v) is 8.69. The van der Waals surface area contributed by atoms with E-state index in [0.717, 1.165) is 22.1 Å². The van der Waals surface area contributed by atoms with Crippen LogP contribution in [0.25, 0.3) is 27.1 Å². The number of rotatable bonds is 2. The summed E-state index contributed by atoms with van der Waals surface area (Å²) in [6.07, 6.45) is 2.20. The van der Waals surface area contributed by atoms with Crippen LogP contribution in [0.3, 0.4) is 0 Å². The number of halogens is 1. The van der Waals surface area contributed by atoms with Gasteiger partial charge in [0, 0.05) is 27.9 Å². The maximum absolute atomic E-state index is 6.20. The third kappa shape index (κ3) is 2.60. The minimum atomic E-state index is 0.774. The lowest BCUT2D eigenvalue weighted by atomic mass is 10.1. The van der Waals surface area contributed by atoms with E-state index in [4.69, 9.17) is 16.6 Å². The molecule has 26 heavy (non-hydrogen) atoms. The molecule has 5 rings (SSSR count). The molecule has 0 amide bonds. The largest absolute Gasteiger partial charge is 0.335 e. The van der Waals surface area contributed by atoms with E-state index in [9.17, 15) is 0 Å². The molecule has 4 aromatic rings. The second-order valence-electron chi connectivity index (χ2n) is 6.13. The van der Waals surface area contributed by atoms with E-state index in [0.29, 0.717) is 0 Å². The summed E-state index contributed by atoms with van der Waals surface area (Å²) < 4.78 is 1.22. The highest BCUT2D eigenvalue weighted by molar-refractivity contribution is 8.03. The van der Waals surface area contributed by atoms with E-state index in [1.54, 1.807) is 23.1 Å². The zero-order valence-electron chi connectivity index (χ0n) is 14.1. The van der Waals surface area contributed by atoms with Crippen molar-refractivity contribution in [3.05, 3.63) is 69.7 Å². The van der Waals surface area contributed by atoms with Gasteiger partial charge in [-0.1, -0.05) is 53.7 Å². The van der Waals surface area contributed by atoms with E-state index in [1.165, 1.54) is 31.1 Å². The minimum Gasteiger partial charge on any atom is -0.335 e. The van der Waals surface area contributed by atoms with Crippen LogP contribution >= 0.6 is 34.7 Å². The lowest BCUT2D eigenvalue weighted by molar-refractivity contribution is 1.01. The Hall–Kier alpha value is -2.01. The highest BCUT2D eigenvalue weighted by atomic mass is 35.5. The molecule has 0 saturated heterocycles. The van der Waals surface area contributed by atoms with Gasteiger partial charge < -0.3 is 4.90 Å². The molecule has 0 radical (unpaired) electrons. The number of anilines is 1. The zero-order valence-corrected chi connectivity index (χ0v) is 16.5. The molecule has 0 aliphatic carbocycles. The molecular weight excluding hydrogens is 380 g/mol. The van der Waals surface area contributed by atoms with Gasteiger partial charge in [-0.3, -0.25) is 0 Å². The van der Waals surface area contributed by atoms with Crippen LogP contribution < -0.4 is 4.90 Å². The molecule has 2 heterocycles. The van der Waals surface area contributed by atoms with Gasteiger partial charge in [0.05, 0.1) is 20.9 Å². The van der Waals surface area contributed by atoms with Crippen molar-refractivity contribution in [1.29, 1.82) is 0 Å². The smallest absolute Gasteiger partial charge is 0.120 e. The fraction of sp³-hybridized carbons (Fsp3) is 0.0952. The summed E-state index contributed by atoms with van der Waals surface area (Å²) in [6.45, 7) is 3.07. The van der Waals surface area contributed by atoms with Crippen molar-refractivity contribution in [3.8, 4) is 0 Å². The number of nitrogens with zero attached hydrogens (tertiary/aromatic N) is 2. The molecule has 2 nitrogen and oxygen atoms in total. The van der Waals surface area contributed by atoms with Crippen molar-refractivity contribution in [2.24, 2.45) is 0 Å². The molecule has 1 aliphatic heterocycles. The molecule has 128 valence electrons. The summed E-state index contributed by atoms with van der Waals surface area (Å²) in [7, 11) is 0. The van der Waals surface area contributed by atoms with Crippen molar-refractivity contribution in [2.75, 3.05) is 11.4 Å². The van der Waals surface area contributed by atoms with Crippen molar-refractivity contribution in [3.63, 3.8) is 0 Å². The van der Waals surface area contributed by atoms with Crippen molar-refractivity contribution >= 4 is 67.5 Å². The second kappa shape index (κ2) is 6.31. The van der Waals surface area contributed by atoms with Crippen LogP contribution in [0.5, 0.6) is 0 Å². The van der Waals surface area contributed by atoms with Crippen LogP contribution in [-0.4, -0.2) is 11.5 Å². The lowest BCUT2D eigenvalue weighted by Gasteiger charge is -2.17. The van der Waals surface area contributed by atoms with Gasteiger partial charge in [0.2, 0.25) is 0 Å². The van der Waals surface area contributed by atoms with Crippen LogP contribution in [0, 0.1) is 0 Å². The van der Waals surface area contributed by atoms with E-state index in [-0.39, 0.29) is 0 Å². The Morgan fingerprint density at radius 3 is 2.88 bits per heavy atom. The number of thiazole rings is 1. The number of thioether (sulfide) groups is 1. The molecule has 1 aliphatic rings. The standard InChI is InChI=1S/C21H15ClN2S2/c1-2-24-16-11-14(22)8-10-17(16)26-20(24)12-19-23-21-15-6-4-3-5-13(15)7-9-18(21)25-19/h3-12H,2H2,1H3. The first-order chi connectivity index (χ1) is 12.7. The first-order valence-electron chi connectivity index (χ1n) is 8.48. The van der Waals surface area contributed by atoms with Gasteiger partial charge in [-0.2, -0.15) is 0 Å². The van der Waals surface area contributed by atoms with E-state index < -0.39 is 0 Å². The number of fused-ring (bicyclic) bond motifs is 4. The van der Waals surface area contributed by atoms with Crippen LogP contribution in [0.15, 0.2) is 64.5 Å². The lowest BCUT2D eigenvalue weighted by Crippen LogP contribution is -2.16. The third-order valence-electron chi connectivity index (χ3n) is 4.56. The first kappa shape index (κ1) is 16.2. The van der Waals surface area contributed by atoms with Gasteiger partial charge in [-0.15, -0.1) is 11.3 Å². The van der Waals surface area contributed by atoms with Gasteiger partial charge in [-0.05, 0) is 36.6 Å². The third-order valence-corrected chi connectivity index (χ3v) is 6.87. The molecule has 5 heteroatoms. The highest BCUT2D eigenvalue weighted by Gasteiger charge is 2.24. The van der Waals surface area contributed by atoms with Gasteiger partial charge >= 0.3 is 0 Å². The quantitative estimate of drug-likeness (QED) is 0.363. The van der Waals surface area contributed by atoms with Crippen LogP contribution in [0.4, 0.5) is 5.69 Å². The average Bonchev–Trinajstić information content (AvgIpc) is 3.22. The minimum absolute atomic E-state index is 0.774. The SMILES string of the molecule is CCN1C(=Cc2nc3c(ccc4ccccc43)s2)Sc2ccc(Cl)cc21. The van der Waals surface area contributed by atoms with E-state index >= 15 is 0 Å². The number of hydrogen-bond donors (Lipinski definition) is 0. The highest BCUT2D eigenvalue weighted by Crippen LogP contribution is 2.47. The Balaban J connectivity index is 1.61. The number of aromatic nitrogens is 1. The molecule has 0 unspecified atom stereocenters. The molecular formula is C21H15ClN2S2. The Morgan fingerprint density at radius 1 is 1.12 bits per heavy atom. The average molecular weight is 395 g/mol. The summed E-state index contributed by atoms with van der Waals surface area (Å²) in [6, 6.07) is 18.9. The fourth-order valence-electron chi connectivity index (χ4n) is 3.35. The maximum Gasteiger partial charge on any atom is 0.120 e. The maximum atomic E-state index is 6.20. The Kier molecular flexibility index (Phi) is 3.92. The predicted octanol–water partition coefficient (Wildman–Crippen LogP) is 7.03. The summed E-state index contributed by atoms with van der Waals surface area (Å²) in [5.74, 6) is 0. The van der Waals surface area contributed by atoms with Gasteiger partial charge in [0.15, 0.2) is 0 Å². The summed E-state index contributed by atoms with van der Waals surface area (Å²) >= 11 is 9.72. The molecule has 1 aromatic heterocycles. The fourth-order valence-corrected chi connectivity index (χ4v) is 5.66. The normalized spacial score (nSPS) is 15.3. The molecule has 0 bridgehead atoms. The van der Waals surface area contributed by atoms with E-state index in [1.807, 2.05) is 12.1 Å². The topological polar surface area (TPSA) is 16.1 Å². The molecule has 3 aromatic carbocycles. The van der Waals surface area contributed by atoms with Crippen molar-refractivity contribution in [2.45, 2.75) is 11.8 Å². The Bertz CT molecular complexity index is 1180. The molecule has 0 N–H and O–H groups in total. The summed E-state index contributed by atoms with van der Waals surface area (Å²) in [5.41, 5.74) is 2.27. The summed E-state index contributed by atoms with van der Waals surface area (Å²) in [5, 5.41) is 5.46. The molecule has 0 spiro atoms. The molecule has 0 fully saturated rings. The summed E-state index contributed by atoms with van der Waals surface area (Å²) in [4.78, 5) is 8.48. The van der Waals surface area contributed by atoms with Gasteiger partial charge in [0.1, 0.15) is 5.01 Å². The molecule has 0 atom stereocenters. The van der Waals surface area contributed by atoms with Crippen molar-refractivity contribution in [1.82, 2.24) is 4.98 Å². The zero-order chi connectivity index (χ0) is 17.7. The monoisotopic (exact) mass is 394 g/mol. The van der Waals surface area contributed by atoms with Gasteiger partial charge in [-0.25, -0.2) is 4.98 Å². The predicted molar refractivity (Wildman–Crippen MR) is 115 cm³/mol. The van der Waals surface area contributed by atoms with Gasteiger partial charge in [0.25, 0.3) is 0 Å². The van der Waals surface area contributed by atoms with Crippen LogP contribution in [0.2, 0.25) is 5.02 Å². The van der Waals surface area contributed by atoms with Crippen LogP contribution in [-0.2, 0) is 0 Å². The first-order valence-corrected chi connectivity index (χ1v) is 10.5. The Labute approximate surface area is 165 Å².